The van der Waals surface area contributed by atoms with Crippen LogP contribution in [0.5, 0.6) is 5.75 Å². The Balaban J connectivity index is 2.89. The summed E-state index contributed by atoms with van der Waals surface area (Å²) in [6, 6.07) is 4.66. The van der Waals surface area contributed by atoms with Crippen LogP contribution in [0.4, 0.5) is 10.5 Å². The number of benzene rings is 1. The fourth-order valence-electron chi connectivity index (χ4n) is 1.38. The number of ether oxygens (including phenoxy) is 3. The number of hydrogen-bond acceptors (Lipinski definition) is 5. The van der Waals surface area contributed by atoms with E-state index < -0.39 is 11.7 Å². The number of nitrogens with one attached hydrogen (secondary N) is 1. The quantitative estimate of drug-likeness (QED) is 0.663. The van der Waals surface area contributed by atoms with Gasteiger partial charge in [0.15, 0.2) is 6.79 Å². The first-order valence-electron chi connectivity index (χ1n) is 6.06. The average Bonchev–Trinajstić information content (AvgIpc) is 2.34. The van der Waals surface area contributed by atoms with Crippen LogP contribution in [0.1, 0.15) is 31.1 Å². The molecule has 0 unspecified atom stereocenters. The van der Waals surface area contributed by atoms with Crippen molar-refractivity contribution < 1.29 is 23.8 Å². The maximum absolute atomic E-state index is 11.7. The zero-order chi connectivity index (χ0) is 15.2. The van der Waals surface area contributed by atoms with Gasteiger partial charge in [0.05, 0.1) is 5.69 Å². The van der Waals surface area contributed by atoms with Crippen molar-refractivity contribution in [1.82, 2.24) is 0 Å². The first kappa shape index (κ1) is 16.0. The number of carbonyl (C=O) groups is 2. The first-order valence-corrected chi connectivity index (χ1v) is 6.06. The molecular weight excluding hydrogens is 262 g/mol. The molecule has 0 aliphatic rings. The average molecular weight is 281 g/mol. The zero-order valence-corrected chi connectivity index (χ0v) is 12.1. The van der Waals surface area contributed by atoms with Crippen molar-refractivity contribution in [2.75, 3.05) is 19.2 Å². The Morgan fingerprint density at radius 1 is 1.35 bits per heavy atom. The van der Waals surface area contributed by atoms with E-state index in [-0.39, 0.29) is 6.79 Å². The topological polar surface area (TPSA) is 73.9 Å². The van der Waals surface area contributed by atoms with Gasteiger partial charge in [-0.1, -0.05) is 0 Å². The number of anilines is 1. The molecule has 1 rings (SSSR count). The van der Waals surface area contributed by atoms with E-state index in [1.54, 1.807) is 32.9 Å². The molecule has 0 aliphatic carbocycles. The fourth-order valence-corrected chi connectivity index (χ4v) is 1.38. The lowest BCUT2D eigenvalue weighted by atomic mass is 10.2. The molecule has 0 spiro atoms. The van der Waals surface area contributed by atoms with Crippen molar-refractivity contribution in [2.24, 2.45) is 0 Å². The molecule has 1 aromatic carbocycles. The largest absolute Gasteiger partial charge is 0.465 e. The molecule has 0 radical (unpaired) electrons. The van der Waals surface area contributed by atoms with Gasteiger partial charge < -0.3 is 14.2 Å². The maximum atomic E-state index is 11.7. The SMILES string of the molecule is COCOc1ccc(C=O)cc1NC(=O)OC(C)(C)C. The van der Waals surface area contributed by atoms with Gasteiger partial charge >= 0.3 is 6.09 Å². The Labute approximate surface area is 118 Å². The molecule has 0 fully saturated rings. The summed E-state index contributed by atoms with van der Waals surface area (Å²) in [4.78, 5) is 22.5. The molecule has 6 heteroatoms. The Kier molecular flexibility index (Phi) is 5.52. The van der Waals surface area contributed by atoms with Crippen molar-refractivity contribution in [3.8, 4) is 5.75 Å². The van der Waals surface area contributed by atoms with E-state index >= 15 is 0 Å². The van der Waals surface area contributed by atoms with Gasteiger partial charge in [0.25, 0.3) is 0 Å². The highest BCUT2D eigenvalue weighted by Crippen LogP contribution is 2.26. The molecule has 1 N–H and O–H groups in total. The number of hydrogen-bond donors (Lipinski definition) is 1. The van der Waals surface area contributed by atoms with Crippen molar-refractivity contribution >= 4 is 18.1 Å². The van der Waals surface area contributed by atoms with Gasteiger partial charge in [-0.3, -0.25) is 10.1 Å². The predicted octanol–water partition coefficient (Wildman–Crippen LogP) is 2.83. The van der Waals surface area contributed by atoms with Crippen LogP contribution < -0.4 is 10.1 Å². The first-order chi connectivity index (χ1) is 9.35. The molecule has 0 aromatic heterocycles. The van der Waals surface area contributed by atoms with Crippen molar-refractivity contribution in [2.45, 2.75) is 26.4 Å². The second-order valence-electron chi connectivity index (χ2n) is 5.05. The number of carbonyl (C=O) groups excluding carboxylic acids is 2. The van der Waals surface area contributed by atoms with E-state index in [2.05, 4.69) is 5.32 Å². The normalized spacial score (nSPS) is 10.8. The van der Waals surface area contributed by atoms with Crippen LogP contribution >= 0.6 is 0 Å². The molecule has 0 atom stereocenters. The van der Waals surface area contributed by atoms with Gasteiger partial charge in [0, 0.05) is 12.7 Å². The summed E-state index contributed by atoms with van der Waals surface area (Å²) >= 11 is 0. The lowest BCUT2D eigenvalue weighted by molar-refractivity contribution is 0.0509. The van der Waals surface area contributed by atoms with Crippen molar-refractivity contribution in [3.05, 3.63) is 23.8 Å². The van der Waals surface area contributed by atoms with E-state index in [9.17, 15) is 9.59 Å². The highest BCUT2D eigenvalue weighted by Gasteiger charge is 2.17. The molecule has 0 saturated carbocycles. The molecular formula is C14H19NO5. The predicted molar refractivity (Wildman–Crippen MR) is 74.2 cm³/mol. The molecule has 6 nitrogen and oxygen atoms in total. The number of rotatable bonds is 5. The molecule has 0 aliphatic heterocycles. The summed E-state index contributed by atoms with van der Waals surface area (Å²) < 4.78 is 15.3. The fraction of sp³-hybridized carbons (Fsp3) is 0.429. The number of methoxy groups -OCH3 is 1. The second kappa shape index (κ2) is 6.91. The van der Waals surface area contributed by atoms with Crippen LogP contribution in [-0.2, 0) is 9.47 Å². The van der Waals surface area contributed by atoms with Crippen LogP contribution in [-0.4, -0.2) is 31.9 Å². The minimum atomic E-state index is -0.622. The van der Waals surface area contributed by atoms with E-state index in [1.165, 1.54) is 13.2 Å². The van der Waals surface area contributed by atoms with Crippen LogP contribution in [0.15, 0.2) is 18.2 Å². The second-order valence-corrected chi connectivity index (χ2v) is 5.05. The molecule has 0 heterocycles. The van der Waals surface area contributed by atoms with Gasteiger partial charge in [-0.05, 0) is 39.0 Å². The lowest BCUT2D eigenvalue weighted by Gasteiger charge is -2.20. The summed E-state index contributed by atoms with van der Waals surface area (Å²) in [5.41, 5.74) is 0.154. The number of amides is 1. The van der Waals surface area contributed by atoms with Crippen molar-refractivity contribution in [1.29, 1.82) is 0 Å². The van der Waals surface area contributed by atoms with Crippen LogP contribution in [0.2, 0.25) is 0 Å². The summed E-state index contributed by atoms with van der Waals surface area (Å²) in [6.45, 7) is 5.31. The maximum Gasteiger partial charge on any atom is 0.412 e. The van der Waals surface area contributed by atoms with Crippen LogP contribution in [0.3, 0.4) is 0 Å². The van der Waals surface area contributed by atoms with Crippen molar-refractivity contribution in [3.63, 3.8) is 0 Å². The monoisotopic (exact) mass is 281 g/mol. The Bertz CT molecular complexity index is 479. The molecule has 1 amide bonds. The summed E-state index contributed by atoms with van der Waals surface area (Å²) in [5, 5.41) is 2.55. The smallest absolute Gasteiger partial charge is 0.412 e. The van der Waals surface area contributed by atoms with Gasteiger partial charge in [-0.2, -0.15) is 0 Å². The molecule has 0 saturated heterocycles. The minimum Gasteiger partial charge on any atom is -0.465 e. The molecule has 20 heavy (non-hydrogen) atoms. The Morgan fingerprint density at radius 3 is 2.60 bits per heavy atom. The Hall–Kier alpha value is -2.08. The third kappa shape index (κ3) is 5.27. The minimum absolute atomic E-state index is 0.0312. The third-order valence-corrected chi connectivity index (χ3v) is 2.11. The van der Waals surface area contributed by atoms with E-state index in [0.717, 1.165) is 0 Å². The van der Waals surface area contributed by atoms with Crippen LogP contribution in [0, 0.1) is 0 Å². The van der Waals surface area contributed by atoms with Crippen LogP contribution in [0.25, 0.3) is 0 Å². The molecule has 0 bridgehead atoms. The summed E-state index contributed by atoms with van der Waals surface area (Å²) in [6.07, 6.45) is 0.0585. The standard InChI is InChI=1S/C14H19NO5/c1-14(2,3)20-13(17)15-11-7-10(8-16)5-6-12(11)19-9-18-4/h5-8H,9H2,1-4H3,(H,15,17). The van der Waals surface area contributed by atoms with Gasteiger partial charge in [-0.15, -0.1) is 0 Å². The van der Waals surface area contributed by atoms with E-state index in [1.807, 2.05) is 0 Å². The summed E-state index contributed by atoms with van der Waals surface area (Å²) in [5.74, 6) is 0.392. The van der Waals surface area contributed by atoms with Gasteiger partial charge in [0.2, 0.25) is 0 Å². The van der Waals surface area contributed by atoms with Gasteiger partial charge in [-0.25, -0.2) is 4.79 Å². The van der Waals surface area contributed by atoms with Gasteiger partial charge in [0.1, 0.15) is 17.6 Å². The molecule has 110 valence electrons. The Morgan fingerprint density at radius 2 is 2.05 bits per heavy atom. The molecule has 1 aromatic rings. The zero-order valence-electron chi connectivity index (χ0n) is 12.1. The highest BCUT2D eigenvalue weighted by molar-refractivity contribution is 5.89. The summed E-state index contributed by atoms with van der Waals surface area (Å²) in [7, 11) is 1.49. The van der Waals surface area contributed by atoms with E-state index in [4.69, 9.17) is 14.2 Å². The van der Waals surface area contributed by atoms with E-state index in [0.29, 0.717) is 23.3 Å². The number of aldehydes is 1. The highest BCUT2D eigenvalue weighted by atomic mass is 16.7. The third-order valence-electron chi connectivity index (χ3n) is 2.11. The lowest BCUT2D eigenvalue weighted by Crippen LogP contribution is -2.27.